The Bertz CT molecular complexity index is 4270. The summed E-state index contributed by atoms with van der Waals surface area (Å²) in [6, 6.07) is 90.8. The first kappa shape index (κ1) is 61.0. The number of hydrogen-bond acceptors (Lipinski definition) is 0. The van der Waals surface area contributed by atoms with E-state index in [1.165, 1.54) is 153 Å². The lowest BCUT2D eigenvalue weighted by atomic mass is 10.0. The van der Waals surface area contributed by atoms with Crippen molar-refractivity contribution in [3.63, 3.8) is 0 Å². The van der Waals surface area contributed by atoms with Crippen LogP contribution in [0.1, 0.15) is 77.9 Å². The van der Waals surface area contributed by atoms with E-state index in [0.717, 1.165) is 0 Å². The zero-order valence-electron chi connectivity index (χ0n) is 52.2. The molecule has 0 saturated heterocycles. The zero-order valence-corrected chi connectivity index (χ0v) is 52.2. The fraction of sp³-hybridized carbons (Fsp3) is 0.167. The second-order valence-electron chi connectivity index (χ2n) is 23.0. The summed E-state index contributed by atoms with van der Waals surface area (Å²) in [6.45, 7) is 30.0. The van der Waals surface area contributed by atoms with Gasteiger partial charge in [-0.2, -0.15) is 0 Å². The third-order valence-electron chi connectivity index (χ3n) is 15.8. The van der Waals surface area contributed by atoms with Gasteiger partial charge in [-0.1, -0.05) is 288 Å². The molecule has 14 aromatic rings. The van der Waals surface area contributed by atoms with Gasteiger partial charge in [0.1, 0.15) is 0 Å². The monoisotopic (exact) mass is 1090 g/mol. The normalized spacial score (nSPS) is 10.5. The van der Waals surface area contributed by atoms with Crippen molar-refractivity contribution in [2.45, 2.75) is 96.9 Å². The van der Waals surface area contributed by atoms with Gasteiger partial charge in [-0.25, -0.2) is 0 Å². The first-order valence-electron chi connectivity index (χ1n) is 29.6. The first-order valence-corrected chi connectivity index (χ1v) is 29.6. The molecule has 14 rings (SSSR count). The van der Waals surface area contributed by atoms with E-state index in [2.05, 4.69) is 352 Å². The van der Waals surface area contributed by atoms with Gasteiger partial charge >= 0.3 is 0 Å². The lowest BCUT2D eigenvalue weighted by molar-refractivity contribution is 1.43. The van der Waals surface area contributed by atoms with E-state index in [1.807, 2.05) is 0 Å². The van der Waals surface area contributed by atoms with Gasteiger partial charge < -0.3 is 0 Å². The molecule has 0 N–H and O–H groups in total. The molecule has 0 radical (unpaired) electrons. The summed E-state index contributed by atoms with van der Waals surface area (Å²) in [5.74, 6) is 0. The Morgan fingerprint density at radius 1 is 0.143 bits per heavy atom. The Balaban J connectivity index is 0.000000128. The van der Waals surface area contributed by atoms with Gasteiger partial charge in [-0.3, -0.25) is 0 Å². The highest BCUT2D eigenvalue weighted by Crippen LogP contribution is 2.25. The summed E-state index contributed by atoms with van der Waals surface area (Å²) in [7, 11) is 0. The van der Waals surface area contributed by atoms with E-state index in [9.17, 15) is 0 Å². The van der Waals surface area contributed by atoms with Crippen LogP contribution in [0.25, 0.3) is 75.4 Å². The standard InChI is InChI=1S/7C12H12/c1-9-3-5-12-8-10(2)4-6-11(12)7-9;1-9-5-3-8-12-10(2)6-4-7-11(9)12;1-9-5-3-7-11-8-4-6-10(2)12(9)11;2*1-9-6-7-12-10(2)4-3-5-11(12)8-9;1-9-6-7-11-5-3-4-10(2)12(11)8-9;1-9-7-10(2)12-6-4-3-5-11(12)8-9/h7*3-8H,1-2H3. The molecule has 84 heavy (non-hydrogen) atoms. The zero-order chi connectivity index (χ0) is 59.9. The number of hydrogen-bond donors (Lipinski definition) is 0. The fourth-order valence-corrected chi connectivity index (χ4v) is 11.2. The summed E-state index contributed by atoms with van der Waals surface area (Å²) >= 11 is 0. The molecule has 0 aliphatic rings. The predicted molar refractivity (Wildman–Crippen MR) is 374 cm³/mol. The van der Waals surface area contributed by atoms with Crippen LogP contribution >= 0.6 is 0 Å². The van der Waals surface area contributed by atoms with Gasteiger partial charge in [0.15, 0.2) is 0 Å². The second kappa shape index (κ2) is 28.7. The van der Waals surface area contributed by atoms with Crippen molar-refractivity contribution >= 4 is 75.4 Å². The van der Waals surface area contributed by atoms with Crippen LogP contribution < -0.4 is 0 Å². The quantitative estimate of drug-likeness (QED) is 0.142. The Hall–Kier alpha value is -9.10. The Morgan fingerprint density at radius 2 is 0.429 bits per heavy atom. The van der Waals surface area contributed by atoms with E-state index < -0.39 is 0 Å². The molecule has 0 fully saturated rings. The van der Waals surface area contributed by atoms with Crippen LogP contribution in [-0.4, -0.2) is 0 Å². The number of aryl methyl sites for hydroxylation is 14. The minimum atomic E-state index is 1.33. The molecule has 0 saturated carbocycles. The van der Waals surface area contributed by atoms with Gasteiger partial charge in [0.2, 0.25) is 0 Å². The molecule has 0 unspecified atom stereocenters. The topological polar surface area (TPSA) is 0 Å². The van der Waals surface area contributed by atoms with Crippen LogP contribution in [0.3, 0.4) is 0 Å². The van der Waals surface area contributed by atoms with E-state index in [0.29, 0.717) is 0 Å². The van der Waals surface area contributed by atoms with Crippen LogP contribution in [0.4, 0.5) is 0 Å². The summed E-state index contributed by atoms with van der Waals surface area (Å²) in [5, 5.41) is 19.0. The van der Waals surface area contributed by atoms with Crippen LogP contribution in [0.5, 0.6) is 0 Å². The second-order valence-corrected chi connectivity index (χ2v) is 23.0. The summed E-state index contributed by atoms with van der Waals surface area (Å²) < 4.78 is 0. The van der Waals surface area contributed by atoms with Gasteiger partial charge in [0.05, 0.1) is 0 Å². The third-order valence-corrected chi connectivity index (χ3v) is 15.8. The maximum Gasteiger partial charge on any atom is -0.0125 e. The van der Waals surface area contributed by atoms with Crippen molar-refractivity contribution < 1.29 is 0 Å². The molecular weight excluding hydrogens is 1010 g/mol. The van der Waals surface area contributed by atoms with Gasteiger partial charge in [0, 0.05) is 0 Å². The van der Waals surface area contributed by atoms with Crippen molar-refractivity contribution in [1.82, 2.24) is 0 Å². The average molecular weight is 1090 g/mol. The van der Waals surface area contributed by atoms with Gasteiger partial charge in [0.25, 0.3) is 0 Å². The average Bonchev–Trinajstić information content (AvgIpc) is 3.53. The van der Waals surface area contributed by atoms with E-state index >= 15 is 0 Å². The van der Waals surface area contributed by atoms with Gasteiger partial charge in [-0.15, -0.1) is 0 Å². The Kier molecular flexibility index (Phi) is 20.9. The largest absolute Gasteiger partial charge is 0.0616 e. The van der Waals surface area contributed by atoms with Crippen LogP contribution in [0.15, 0.2) is 255 Å². The van der Waals surface area contributed by atoms with Crippen LogP contribution in [0.2, 0.25) is 0 Å². The molecule has 420 valence electrons. The predicted octanol–water partition coefficient (Wildman–Crippen LogP) is 24.2. The van der Waals surface area contributed by atoms with E-state index in [-0.39, 0.29) is 0 Å². The maximum absolute atomic E-state index is 2.24. The minimum absolute atomic E-state index is 1.33. The summed E-state index contributed by atoms with van der Waals surface area (Å²) in [6.07, 6.45) is 0. The molecule has 0 aliphatic carbocycles. The lowest BCUT2D eigenvalue weighted by Gasteiger charge is -2.04. The SMILES string of the molecule is Cc1cc(C)c2ccccc2c1.Cc1ccc2c(C)cccc2c1.Cc1ccc2c(C)cccc2c1.Cc1ccc2cc(C)ccc2c1.Cc1ccc2cccc(C)c2c1.Cc1cccc2c(C)cccc12.Cc1cccc2cccc(C)c12. The Labute approximate surface area is 502 Å². The summed E-state index contributed by atoms with van der Waals surface area (Å²) in [4.78, 5) is 0. The number of fused-ring (bicyclic) bond motifs is 7. The van der Waals surface area contributed by atoms with Crippen molar-refractivity contribution in [3.8, 4) is 0 Å². The van der Waals surface area contributed by atoms with Gasteiger partial charge in [-0.05, 0) is 217 Å². The molecule has 0 bridgehead atoms. The minimum Gasteiger partial charge on any atom is -0.0616 e. The number of benzene rings is 14. The van der Waals surface area contributed by atoms with E-state index in [1.54, 1.807) is 0 Å². The highest BCUT2D eigenvalue weighted by Gasteiger charge is 2.02. The lowest BCUT2D eigenvalue weighted by Crippen LogP contribution is -1.81. The molecule has 0 amide bonds. The van der Waals surface area contributed by atoms with Crippen molar-refractivity contribution in [1.29, 1.82) is 0 Å². The Morgan fingerprint density at radius 3 is 0.881 bits per heavy atom. The molecule has 0 nitrogen and oxygen atoms in total. The first-order chi connectivity index (χ1) is 40.4. The van der Waals surface area contributed by atoms with Crippen molar-refractivity contribution in [2.24, 2.45) is 0 Å². The fourth-order valence-electron chi connectivity index (χ4n) is 11.2. The molecule has 0 aromatic heterocycles. The van der Waals surface area contributed by atoms with E-state index in [4.69, 9.17) is 0 Å². The highest BCUT2D eigenvalue weighted by atomic mass is 14.1. The molecule has 0 spiro atoms. The molecule has 0 heteroatoms. The van der Waals surface area contributed by atoms with Crippen LogP contribution in [-0.2, 0) is 0 Å². The highest BCUT2D eigenvalue weighted by molar-refractivity contribution is 5.91. The molecular formula is C84H84. The van der Waals surface area contributed by atoms with Crippen molar-refractivity contribution in [3.05, 3.63) is 333 Å². The molecule has 14 aromatic carbocycles. The van der Waals surface area contributed by atoms with Crippen LogP contribution in [0, 0.1) is 96.9 Å². The maximum atomic E-state index is 2.24. The number of rotatable bonds is 0. The summed E-state index contributed by atoms with van der Waals surface area (Å²) in [5.41, 5.74) is 18.9. The smallest absolute Gasteiger partial charge is 0.0125 e. The molecule has 0 atom stereocenters. The molecule has 0 aliphatic heterocycles. The third kappa shape index (κ3) is 16.1. The molecule has 0 heterocycles. The van der Waals surface area contributed by atoms with Crippen molar-refractivity contribution in [2.75, 3.05) is 0 Å².